The van der Waals surface area contributed by atoms with E-state index in [2.05, 4.69) is 5.32 Å². The number of rotatable bonds is 6. The van der Waals surface area contributed by atoms with Gasteiger partial charge in [0.1, 0.15) is 11.6 Å². The monoisotopic (exact) mass is 438 g/mol. The molecule has 2 amide bonds. The lowest BCUT2D eigenvalue weighted by Crippen LogP contribution is -2.30. The summed E-state index contributed by atoms with van der Waals surface area (Å²) in [5.74, 6) is 1.19. The van der Waals surface area contributed by atoms with Gasteiger partial charge in [0.2, 0.25) is 11.8 Å². The molecule has 1 saturated heterocycles. The van der Waals surface area contributed by atoms with Crippen molar-refractivity contribution in [3.05, 3.63) is 52.9 Å². The van der Waals surface area contributed by atoms with Gasteiger partial charge in [-0.1, -0.05) is 12.8 Å². The Bertz CT molecular complexity index is 963. The molecule has 1 aliphatic carbocycles. The third kappa shape index (κ3) is 5.31. The Morgan fingerprint density at radius 2 is 1.72 bits per heavy atom. The molecule has 0 radical (unpaired) electrons. The van der Waals surface area contributed by atoms with Crippen LogP contribution in [0.2, 0.25) is 0 Å². The van der Waals surface area contributed by atoms with E-state index in [1.165, 1.54) is 49.9 Å². The molecule has 1 aromatic heterocycles. The molecule has 2 heterocycles. The molecule has 6 nitrogen and oxygen atoms in total. The Labute approximate surface area is 188 Å². The Balaban J connectivity index is 1.37. The SMILES string of the molecule is Cc1nc([C@@H]2CCN(C(=O)CC3CCCC3)C2)nc(C)c1CC(=O)Nc1ccc(F)cc1. The smallest absolute Gasteiger partial charge is 0.228 e. The number of hydrogen-bond donors (Lipinski definition) is 1. The number of nitrogens with zero attached hydrogens (tertiary/aromatic N) is 3. The molecule has 0 spiro atoms. The molecule has 0 unspecified atom stereocenters. The number of amides is 2. The number of anilines is 1. The van der Waals surface area contributed by atoms with Crippen LogP contribution in [-0.4, -0.2) is 39.8 Å². The standard InChI is InChI=1S/C25H31FN4O2/c1-16-22(14-23(31)29-21-9-7-20(26)8-10-21)17(2)28-25(27-16)19-11-12-30(15-19)24(32)13-18-5-3-4-6-18/h7-10,18-19H,3-6,11-15H2,1-2H3,(H,29,31)/t19-/m1/s1. The van der Waals surface area contributed by atoms with Gasteiger partial charge in [0.25, 0.3) is 0 Å². The third-order valence-corrected chi connectivity index (χ3v) is 6.75. The van der Waals surface area contributed by atoms with Gasteiger partial charge in [0, 0.05) is 48.1 Å². The van der Waals surface area contributed by atoms with E-state index in [4.69, 9.17) is 9.97 Å². The number of aromatic nitrogens is 2. The minimum absolute atomic E-state index is 0.141. The van der Waals surface area contributed by atoms with E-state index in [1.54, 1.807) is 0 Å². The van der Waals surface area contributed by atoms with Crippen LogP contribution in [0.4, 0.5) is 10.1 Å². The van der Waals surface area contributed by atoms with E-state index in [9.17, 15) is 14.0 Å². The molecular weight excluding hydrogens is 407 g/mol. The maximum atomic E-state index is 13.1. The summed E-state index contributed by atoms with van der Waals surface area (Å²) in [5.41, 5.74) is 2.94. The normalized spacial score (nSPS) is 18.8. The molecule has 2 aliphatic rings. The minimum atomic E-state index is -0.343. The van der Waals surface area contributed by atoms with E-state index >= 15 is 0 Å². The molecule has 2 fully saturated rings. The highest BCUT2D eigenvalue weighted by molar-refractivity contribution is 5.92. The number of likely N-dealkylation sites (tertiary alicyclic amines) is 1. The number of nitrogens with one attached hydrogen (secondary N) is 1. The second kappa shape index (κ2) is 9.76. The highest BCUT2D eigenvalue weighted by Crippen LogP contribution is 2.31. The summed E-state index contributed by atoms with van der Waals surface area (Å²) in [7, 11) is 0. The quantitative estimate of drug-likeness (QED) is 0.729. The first kappa shape index (κ1) is 22.4. The van der Waals surface area contributed by atoms with Crippen LogP contribution in [0.1, 0.15) is 67.2 Å². The van der Waals surface area contributed by atoms with Crippen molar-refractivity contribution < 1.29 is 14.0 Å². The zero-order chi connectivity index (χ0) is 22.7. The molecule has 170 valence electrons. The molecule has 0 bridgehead atoms. The minimum Gasteiger partial charge on any atom is -0.342 e. The Kier molecular flexibility index (Phi) is 6.82. The van der Waals surface area contributed by atoms with Gasteiger partial charge >= 0.3 is 0 Å². The van der Waals surface area contributed by atoms with Gasteiger partial charge in [-0.05, 0) is 63.3 Å². The first-order valence-electron chi connectivity index (χ1n) is 11.6. The number of halogens is 1. The van der Waals surface area contributed by atoms with Crippen molar-refractivity contribution in [2.24, 2.45) is 5.92 Å². The van der Waals surface area contributed by atoms with E-state index in [1.807, 2.05) is 18.7 Å². The molecular formula is C25H31FN4O2. The number of carbonyl (C=O) groups is 2. The maximum absolute atomic E-state index is 13.1. The lowest BCUT2D eigenvalue weighted by Gasteiger charge is -2.19. The molecule has 1 N–H and O–H groups in total. The van der Waals surface area contributed by atoms with Crippen LogP contribution < -0.4 is 5.32 Å². The molecule has 1 aliphatic heterocycles. The fourth-order valence-electron chi connectivity index (χ4n) is 4.89. The average Bonchev–Trinajstić information content (AvgIpc) is 3.44. The van der Waals surface area contributed by atoms with E-state index < -0.39 is 0 Å². The molecule has 1 aromatic carbocycles. The summed E-state index contributed by atoms with van der Waals surface area (Å²) in [6.07, 6.45) is 6.57. The van der Waals surface area contributed by atoms with Crippen LogP contribution in [0.25, 0.3) is 0 Å². The summed E-state index contributed by atoms with van der Waals surface area (Å²) < 4.78 is 13.1. The van der Waals surface area contributed by atoms with Crippen molar-refractivity contribution in [3.63, 3.8) is 0 Å². The summed E-state index contributed by atoms with van der Waals surface area (Å²) in [6.45, 7) is 5.24. The van der Waals surface area contributed by atoms with Gasteiger partial charge in [-0.2, -0.15) is 0 Å². The third-order valence-electron chi connectivity index (χ3n) is 6.75. The van der Waals surface area contributed by atoms with Crippen LogP contribution in [-0.2, 0) is 16.0 Å². The zero-order valence-corrected chi connectivity index (χ0v) is 18.9. The molecule has 2 aromatic rings. The molecule has 1 saturated carbocycles. The van der Waals surface area contributed by atoms with Crippen LogP contribution in [0.15, 0.2) is 24.3 Å². The first-order chi connectivity index (χ1) is 15.4. The van der Waals surface area contributed by atoms with Gasteiger partial charge in [-0.25, -0.2) is 14.4 Å². The Morgan fingerprint density at radius 1 is 1.06 bits per heavy atom. The fourth-order valence-corrected chi connectivity index (χ4v) is 4.89. The van der Waals surface area contributed by atoms with Crippen molar-refractivity contribution in [1.82, 2.24) is 14.9 Å². The van der Waals surface area contributed by atoms with Crippen molar-refractivity contribution >= 4 is 17.5 Å². The fraction of sp³-hybridized carbons (Fsp3) is 0.520. The van der Waals surface area contributed by atoms with Crippen molar-refractivity contribution in [3.8, 4) is 0 Å². The van der Waals surface area contributed by atoms with E-state index in [0.29, 0.717) is 24.6 Å². The van der Waals surface area contributed by atoms with Crippen LogP contribution >= 0.6 is 0 Å². The average molecular weight is 439 g/mol. The zero-order valence-electron chi connectivity index (χ0n) is 18.9. The van der Waals surface area contributed by atoms with Gasteiger partial charge in [-0.3, -0.25) is 9.59 Å². The van der Waals surface area contributed by atoms with Gasteiger partial charge in [0.05, 0.1) is 6.42 Å². The number of aryl methyl sites for hydroxylation is 2. The summed E-state index contributed by atoms with van der Waals surface area (Å²) in [6, 6.07) is 5.69. The second-order valence-corrected chi connectivity index (χ2v) is 9.14. The Morgan fingerprint density at radius 3 is 2.38 bits per heavy atom. The van der Waals surface area contributed by atoms with Gasteiger partial charge in [-0.15, -0.1) is 0 Å². The summed E-state index contributed by atoms with van der Waals surface area (Å²) >= 11 is 0. The van der Waals surface area contributed by atoms with Gasteiger partial charge in [0.15, 0.2) is 0 Å². The van der Waals surface area contributed by atoms with Crippen molar-refractivity contribution in [2.45, 2.75) is 64.7 Å². The topological polar surface area (TPSA) is 75.2 Å². The summed E-state index contributed by atoms with van der Waals surface area (Å²) in [4.78, 5) is 36.5. The van der Waals surface area contributed by atoms with Crippen LogP contribution in [0, 0.1) is 25.6 Å². The Hall–Kier alpha value is -2.83. The largest absolute Gasteiger partial charge is 0.342 e. The van der Waals surface area contributed by atoms with E-state index in [0.717, 1.165) is 35.7 Å². The van der Waals surface area contributed by atoms with Crippen LogP contribution in [0.5, 0.6) is 0 Å². The van der Waals surface area contributed by atoms with Crippen LogP contribution in [0.3, 0.4) is 0 Å². The predicted molar refractivity (Wildman–Crippen MR) is 121 cm³/mol. The van der Waals surface area contributed by atoms with E-state index in [-0.39, 0.29) is 30.0 Å². The number of hydrogen-bond acceptors (Lipinski definition) is 4. The molecule has 4 rings (SSSR count). The number of benzene rings is 1. The summed E-state index contributed by atoms with van der Waals surface area (Å²) in [5, 5.41) is 2.78. The number of carbonyl (C=O) groups excluding carboxylic acids is 2. The second-order valence-electron chi connectivity index (χ2n) is 9.14. The lowest BCUT2D eigenvalue weighted by molar-refractivity contribution is -0.131. The molecule has 7 heteroatoms. The van der Waals surface area contributed by atoms with Crippen molar-refractivity contribution in [1.29, 1.82) is 0 Å². The maximum Gasteiger partial charge on any atom is 0.228 e. The first-order valence-corrected chi connectivity index (χ1v) is 11.6. The molecule has 32 heavy (non-hydrogen) atoms. The highest BCUT2D eigenvalue weighted by Gasteiger charge is 2.31. The highest BCUT2D eigenvalue weighted by atomic mass is 19.1. The lowest BCUT2D eigenvalue weighted by atomic mass is 10.0. The van der Waals surface area contributed by atoms with Gasteiger partial charge < -0.3 is 10.2 Å². The molecule has 1 atom stereocenters. The predicted octanol–water partition coefficient (Wildman–Crippen LogP) is 4.31. The van der Waals surface area contributed by atoms with Crippen molar-refractivity contribution in [2.75, 3.05) is 18.4 Å².